The highest BCUT2D eigenvalue weighted by Crippen LogP contribution is 2.24. The number of thioether (sulfide) groups is 1. The quantitative estimate of drug-likeness (QED) is 0.329. The number of nitrogens with zero attached hydrogens (tertiary/aromatic N) is 2. The summed E-state index contributed by atoms with van der Waals surface area (Å²) in [6.07, 6.45) is 4.05. The van der Waals surface area contributed by atoms with Crippen LogP contribution in [0.15, 0.2) is 65.8 Å². The fourth-order valence-electron chi connectivity index (χ4n) is 2.69. The van der Waals surface area contributed by atoms with Crippen molar-refractivity contribution in [3.63, 3.8) is 0 Å². The summed E-state index contributed by atoms with van der Waals surface area (Å²) >= 11 is 1.50. The van der Waals surface area contributed by atoms with Gasteiger partial charge in [-0.25, -0.2) is 4.98 Å². The average molecular weight is 395 g/mol. The molecule has 0 radical (unpaired) electrons. The lowest BCUT2D eigenvalue weighted by molar-refractivity contribution is -0.137. The molecule has 28 heavy (non-hydrogen) atoms. The highest BCUT2D eigenvalue weighted by molar-refractivity contribution is 7.99. The number of nitrogens with one attached hydrogen (secondary N) is 1. The van der Waals surface area contributed by atoms with Crippen LogP contribution in [0.4, 0.5) is 0 Å². The number of fused-ring (bicyclic) bond motifs is 1. The first kappa shape index (κ1) is 19.7. The summed E-state index contributed by atoms with van der Waals surface area (Å²) in [6, 6.07) is 17.1. The number of benzene rings is 2. The Bertz CT molecular complexity index is 983. The van der Waals surface area contributed by atoms with Crippen molar-refractivity contribution in [3.05, 3.63) is 66.2 Å². The summed E-state index contributed by atoms with van der Waals surface area (Å²) in [5.41, 5.74) is 2.57. The van der Waals surface area contributed by atoms with E-state index < -0.39 is 5.97 Å². The van der Waals surface area contributed by atoms with Crippen LogP contribution in [0, 0.1) is 0 Å². The number of imidazole rings is 1. The van der Waals surface area contributed by atoms with E-state index in [0.29, 0.717) is 11.7 Å². The van der Waals surface area contributed by atoms with Crippen molar-refractivity contribution < 1.29 is 14.7 Å². The minimum absolute atomic E-state index is 0.121. The van der Waals surface area contributed by atoms with Crippen molar-refractivity contribution >= 4 is 40.7 Å². The molecule has 3 aromatic rings. The minimum Gasteiger partial charge on any atom is -0.480 e. The maximum atomic E-state index is 11.9. The Balaban J connectivity index is 1.48. The van der Waals surface area contributed by atoms with Gasteiger partial charge in [0.2, 0.25) is 5.91 Å². The largest absolute Gasteiger partial charge is 0.480 e. The van der Waals surface area contributed by atoms with Crippen LogP contribution in [-0.2, 0) is 16.1 Å². The van der Waals surface area contributed by atoms with Crippen molar-refractivity contribution in [2.24, 2.45) is 0 Å². The molecule has 0 saturated heterocycles. The maximum Gasteiger partial charge on any atom is 0.323 e. The van der Waals surface area contributed by atoms with E-state index in [1.807, 2.05) is 54.6 Å². The Hall–Kier alpha value is -3.06. The summed E-state index contributed by atoms with van der Waals surface area (Å²) in [7, 11) is 0. The third kappa shape index (κ3) is 5.47. The highest BCUT2D eigenvalue weighted by atomic mass is 32.2. The molecule has 0 aliphatic carbocycles. The van der Waals surface area contributed by atoms with E-state index in [4.69, 9.17) is 5.11 Å². The Kier molecular flexibility index (Phi) is 6.86. The fraction of sp³-hybridized carbons (Fsp3) is 0.190. The topological polar surface area (TPSA) is 84.2 Å². The lowest BCUT2D eigenvalue weighted by Crippen LogP contribution is -2.22. The molecule has 1 amide bonds. The number of para-hydroxylation sites is 2. The zero-order valence-electron chi connectivity index (χ0n) is 15.2. The van der Waals surface area contributed by atoms with E-state index in [9.17, 15) is 9.59 Å². The first-order valence-electron chi connectivity index (χ1n) is 8.94. The number of carbonyl (C=O) groups excluding carboxylic acids is 1. The minimum atomic E-state index is -0.900. The number of carbonyl (C=O) groups is 2. The van der Waals surface area contributed by atoms with Gasteiger partial charge < -0.3 is 15.0 Å². The Morgan fingerprint density at radius 2 is 1.86 bits per heavy atom. The van der Waals surface area contributed by atoms with Gasteiger partial charge in [0, 0.05) is 18.4 Å². The second-order valence-electron chi connectivity index (χ2n) is 6.10. The van der Waals surface area contributed by atoms with Crippen LogP contribution < -0.4 is 5.32 Å². The molecule has 0 saturated carbocycles. The third-order valence-corrected chi connectivity index (χ3v) is 5.05. The van der Waals surface area contributed by atoms with Gasteiger partial charge in [0.1, 0.15) is 6.54 Å². The number of hydrogen-bond acceptors (Lipinski definition) is 4. The molecule has 0 fully saturated rings. The van der Waals surface area contributed by atoms with E-state index in [0.717, 1.165) is 28.8 Å². The number of aliphatic carboxylic acids is 1. The van der Waals surface area contributed by atoms with E-state index >= 15 is 0 Å². The Labute approximate surface area is 167 Å². The number of amides is 1. The first-order valence-corrected chi connectivity index (χ1v) is 9.93. The number of aromatic nitrogens is 2. The highest BCUT2D eigenvalue weighted by Gasteiger charge is 2.13. The van der Waals surface area contributed by atoms with Crippen LogP contribution >= 0.6 is 11.8 Å². The molecule has 0 unspecified atom stereocenters. The second-order valence-corrected chi connectivity index (χ2v) is 7.16. The fourth-order valence-corrected chi connectivity index (χ4v) is 3.65. The van der Waals surface area contributed by atoms with Crippen LogP contribution in [0.3, 0.4) is 0 Å². The molecule has 1 heterocycles. The molecule has 144 valence electrons. The van der Waals surface area contributed by atoms with Gasteiger partial charge in [0.15, 0.2) is 5.16 Å². The predicted molar refractivity (Wildman–Crippen MR) is 111 cm³/mol. The molecule has 2 N–H and O–H groups in total. The summed E-state index contributed by atoms with van der Waals surface area (Å²) in [4.78, 5) is 27.5. The summed E-state index contributed by atoms with van der Waals surface area (Å²) in [5.74, 6) is -0.305. The van der Waals surface area contributed by atoms with Gasteiger partial charge in [-0.3, -0.25) is 9.59 Å². The van der Waals surface area contributed by atoms with Gasteiger partial charge in [-0.15, -0.1) is 0 Å². The van der Waals surface area contributed by atoms with Crippen LogP contribution in [0.25, 0.3) is 17.1 Å². The SMILES string of the molecule is O=C(O)Cn1c(SCCCNC(=O)/C=C/c2ccccc2)nc2ccccc21. The van der Waals surface area contributed by atoms with Crippen LogP contribution in [-0.4, -0.2) is 38.8 Å². The van der Waals surface area contributed by atoms with Gasteiger partial charge in [-0.1, -0.05) is 54.2 Å². The van der Waals surface area contributed by atoms with Gasteiger partial charge in [-0.2, -0.15) is 0 Å². The molecule has 3 rings (SSSR count). The van der Waals surface area contributed by atoms with Gasteiger partial charge in [-0.05, 0) is 30.2 Å². The zero-order valence-corrected chi connectivity index (χ0v) is 16.1. The van der Waals surface area contributed by atoms with Crippen molar-refractivity contribution in [3.8, 4) is 0 Å². The average Bonchev–Trinajstić information content (AvgIpc) is 3.04. The molecule has 2 aromatic carbocycles. The summed E-state index contributed by atoms with van der Waals surface area (Å²) in [6.45, 7) is 0.425. The van der Waals surface area contributed by atoms with E-state index in [-0.39, 0.29) is 12.5 Å². The standard InChI is InChI=1S/C21H21N3O3S/c25-19(12-11-16-7-2-1-3-8-16)22-13-6-14-28-21-23-17-9-4-5-10-18(17)24(21)15-20(26)27/h1-5,7-12H,6,13-15H2,(H,22,25)(H,26,27)/b12-11+. The van der Waals surface area contributed by atoms with Crippen LogP contribution in [0.5, 0.6) is 0 Å². The third-order valence-electron chi connectivity index (χ3n) is 3.99. The molecule has 0 aliphatic rings. The van der Waals surface area contributed by atoms with E-state index in [2.05, 4.69) is 10.3 Å². The molecular weight excluding hydrogens is 374 g/mol. The molecule has 0 bridgehead atoms. The maximum absolute atomic E-state index is 11.9. The van der Waals surface area contributed by atoms with Crippen molar-refractivity contribution in [1.29, 1.82) is 0 Å². The van der Waals surface area contributed by atoms with Gasteiger partial charge in [0.25, 0.3) is 0 Å². The summed E-state index contributed by atoms with van der Waals surface area (Å²) < 4.78 is 1.71. The molecule has 0 atom stereocenters. The zero-order chi connectivity index (χ0) is 19.8. The number of hydrogen-bond donors (Lipinski definition) is 2. The van der Waals surface area contributed by atoms with E-state index in [1.165, 1.54) is 17.8 Å². The molecular formula is C21H21N3O3S. The molecule has 6 nitrogen and oxygen atoms in total. The monoisotopic (exact) mass is 395 g/mol. The first-order chi connectivity index (χ1) is 13.6. The predicted octanol–water partition coefficient (Wildman–Crippen LogP) is 3.43. The van der Waals surface area contributed by atoms with Gasteiger partial charge >= 0.3 is 5.97 Å². The number of carboxylic acid groups (broad SMARTS) is 1. The van der Waals surface area contributed by atoms with Gasteiger partial charge in [0.05, 0.1) is 11.0 Å². The smallest absolute Gasteiger partial charge is 0.323 e. The second kappa shape index (κ2) is 9.75. The molecule has 7 heteroatoms. The lowest BCUT2D eigenvalue weighted by Gasteiger charge is -2.06. The normalized spacial score (nSPS) is 11.1. The molecule has 0 aliphatic heterocycles. The number of carboxylic acids is 1. The Morgan fingerprint density at radius 1 is 1.11 bits per heavy atom. The molecule has 0 spiro atoms. The van der Waals surface area contributed by atoms with Crippen LogP contribution in [0.1, 0.15) is 12.0 Å². The Morgan fingerprint density at radius 3 is 2.64 bits per heavy atom. The van der Waals surface area contributed by atoms with Crippen LogP contribution in [0.2, 0.25) is 0 Å². The van der Waals surface area contributed by atoms with Crippen molar-refractivity contribution in [2.75, 3.05) is 12.3 Å². The van der Waals surface area contributed by atoms with E-state index in [1.54, 1.807) is 10.6 Å². The van der Waals surface area contributed by atoms with Crippen molar-refractivity contribution in [2.45, 2.75) is 18.1 Å². The molecule has 1 aromatic heterocycles. The lowest BCUT2D eigenvalue weighted by atomic mass is 10.2. The number of rotatable bonds is 9. The van der Waals surface area contributed by atoms with Crippen molar-refractivity contribution in [1.82, 2.24) is 14.9 Å². The summed E-state index contributed by atoms with van der Waals surface area (Å²) in [5, 5.41) is 12.7.